The Hall–Kier alpha value is -4.34. The lowest BCUT2D eigenvalue weighted by molar-refractivity contribution is 0.0485. The van der Waals surface area contributed by atoms with E-state index in [9.17, 15) is 0 Å². The summed E-state index contributed by atoms with van der Waals surface area (Å²) in [6, 6.07) is 42.1. The largest absolute Gasteiger partial charge is 0.378 e. The van der Waals surface area contributed by atoms with Crippen LogP contribution in [0.4, 0.5) is 0 Å². The Bertz CT molecular complexity index is 1770. The molecule has 7 rings (SSSR count). The number of hydrogen-bond acceptors (Lipinski definition) is 1. The van der Waals surface area contributed by atoms with Gasteiger partial charge >= 0.3 is 0 Å². The number of fused-ring (bicyclic) bond motifs is 6. The molecule has 0 aliphatic heterocycles. The van der Waals surface area contributed by atoms with Crippen molar-refractivity contribution in [2.75, 3.05) is 6.61 Å². The van der Waals surface area contributed by atoms with E-state index < -0.39 is 0 Å². The molecule has 0 spiro atoms. The maximum absolute atomic E-state index is 6.29. The molecule has 0 fully saturated rings. The van der Waals surface area contributed by atoms with E-state index in [-0.39, 0.29) is 6.10 Å². The standard InChI is InChI=1S/C38H36N2O/c1-4-41-30(21-26(2)3)24-27-22-28(39-35-17-9-5-13-31(35)32-14-6-10-18-36(32)39)25-29(23-27)40-37-19-11-7-15-33(37)34-16-8-12-20-38(34)40/h5-20,22-23,25-26,30H,4,21,24H2,1-3H3. The van der Waals surface area contributed by atoms with E-state index in [1.54, 1.807) is 0 Å². The number of para-hydroxylation sites is 4. The summed E-state index contributed by atoms with van der Waals surface area (Å²) in [5, 5.41) is 5.11. The van der Waals surface area contributed by atoms with E-state index >= 15 is 0 Å². The van der Waals surface area contributed by atoms with Crippen LogP contribution in [0.2, 0.25) is 0 Å². The van der Waals surface area contributed by atoms with Gasteiger partial charge in [0.05, 0.1) is 28.2 Å². The second kappa shape index (κ2) is 10.6. The van der Waals surface area contributed by atoms with Gasteiger partial charge in [0.15, 0.2) is 0 Å². The van der Waals surface area contributed by atoms with Crippen LogP contribution in [0.25, 0.3) is 55.0 Å². The van der Waals surface area contributed by atoms with E-state index in [0.717, 1.165) is 19.4 Å². The van der Waals surface area contributed by atoms with Gasteiger partial charge in [-0.2, -0.15) is 0 Å². The first kappa shape index (κ1) is 25.6. The highest BCUT2D eigenvalue weighted by Gasteiger charge is 2.18. The Morgan fingerprint density at radius 1 is 0.561 bits per heavy atom. The second-order valence-corrected chi connectivity index (χ2v) is 11.5. The summed E-state index contributed by atoms with van der Waals surface area (Å²) in [6.45, 7) is 7.39. The quantitative estimate of drug-likeness (QED) is 0.189. The molecular weight excluding hydrogens is 500 g/mol. The maximum Gasteiger partial charge on any atom is 0.0617 e. The molecule has 41 heavy (non-hydrogen) atoms. The zero-order valence-electron chi connectivity index (χ0n) is 24.0. The minimum absolute atomic E-state index is 0.180. The highest BCUT2D eigenvalue weighted by molar-refractivity contribution is 6.10. The van der Waals surface area contributed by atoms with Gasteiger partial charge in [0.25, 0.3) is 0 Å². The summed E-state index contributed by atoms with van der Waals surface area (Å²) in [5.41, 5.74) is 8.55. The third kappa shape index (κ3) is 4.51. The minimum atomic E-state index is 0.180. The van der Waals surface area contributed by atoms with Gasteiger partial charge in [0.2, 0.25) is 0 Å². The fourth-order valence-electron chi connectivity index (χ4n) is 6.67. The van der Waals surface area contributed by atoms with Gasteiger partial charge in [-0.15, -0.1) is 0 Å². The molecule has 0 amide bonds. The van der Waals surface area contributed by atoms with Gasteiger partial charge in [0, 0.05) is 39.5 Å². The first-order valence-electron chi connectivity index (χ1n) is 14.8. The third-order valence-electron chi connectivity index (χ3n) is 8.24. The van der Waals surface area contributed by atoms with Crippen molar-refractivity contribution in [1.82, 2.24) is 9.13 Å². The van der Waals surface area contributed by atoms with Gasteiger partial charge in [0.1, 0.15) is 0 Å². The topological polar surface area (TPSA) is 19.1 Å². The van der Waals surface area contributed by atoms with Gasteiger partial charge in [-0.3, -0.25) is 0 Å². The number of hydrogen-bond donors (Lipinski definition) is 0. The zero-order chi connectivity index (χ0) is 27.9. The summed E-state index contributed by atoms with van der Waals surface area (Å²) in [6.07, 6.45) is 2.10. The van der Waals surface area contributed by atoms with Crippen LogP contribution < -0.4 is 0 Å². The van der Waals surface area contributed by atoms with Gasteiger partial charge in [-0.25, -0.2) is 0 Å². The van der Waals surface area contributed by atoms with Crippen molar-refractivity contribution in [3.63, 3.8) is 0 Å². The molecule has 0 bridgehead atoms. The number of ether oxygens (including phenoxy) is 1. The molecule has 1 unspecified atom stereocenters. The SMILES string of the molecule is CCOC(Cc1cc(-n2c3ccccc3c3ccccc32)cc(-n2c3ccccc3c3ccccc32)c1)CC(C)C. The lowest BCUT2D eigenvalue weighted by atomic mass is 9.98. The lowest BCUT2D eigenvalue weighted by Gasteiger charge is -2.21. The van der Waals surface area contributed by atoms with Crippen molar-refractivity contribution in [3.05, 3.63) is 121 Å². The molecule has 0 N–H and O–H groups in total. The molecule has 3 heteroatoms. The monoisotopic (exact) mass is 536 g/mol. The molecule has 0 aliphatic carbocycles. The zero-order valence-corrected chi connectivity index (χ0v) is 24.0. The predicted octanol–water partition coefficient (Wildman–Crippen LogP) is 9.87. The summed E-state index contributed by atoms with van der Waals surface area (Å²) in [5.74, 6) is 0.573. The Morgan fingerprint density at radius 3 is 1.32 bits per heavy atom. The van der Waals surface area contributed by atoms with E-state index in [2.05, 4.69) is 145 Å². The van der Waals surface area contributed by atoms with E-state index in [0.29, 0.717) is 5.92 Å². The molecule has 2 aromatic heterocycles. The highest BCUT2D eigenvalue weighted by Crippen LogP contribution is 2.36. The van der Waals surface area contributed by atoms with Crippen molar-refractivity contribution >= 4 is 43.6 Å². The first-order chi connectivity index (χ1) is 20.1. The van der Waals surface area contributed by atoms with Crippen molar-refractivity contribution in [1.29, 1.82) is 0 Å². The molecule has 0 saturated carbocycles. The van der Waals surface area contributed by atoms with Crippen LogP contribution in [0, 0.1) is 5.92 Å². The average molecular weight is 537 g/mol. The summed E-state index contributed by atoms with van der Waals surface area (Å²) in [7, 11) is 0. The fraction of sp³-hybridized carbons (Fsp3) is 0.211. The Labute approximate surface area is 241 Å². The predicted molar refractivity (Wildman–Crippen MR) is 174 cm³/mol. The summed E-state index contributed by atoms with van der Waals surface area (Å²) >= 11 is 0. The summed E-state index contributed by atoms with van der Waals surface area (Å²) in [4.78, 5) is 0. The summed E-state index contributed by atoms with van der Waals surface area (Å²) < 4.78 is 11.2. The lowest BCUT2D eigenvalue weighted by Crippen LogP contribution is -2.19. The van der Waals surface area contributed by atoms with E-state index in [4.69, 9.17) is 4.74 Å². The Morgan fingerprint density at radius 2 is 0.951 bits per heavy atom. The number of aromatic nitrogens is 2. The minimum Gasteiger partial charge on any atom is -0.378 e. The van der Waals surface area contributed by atoms with Crippen molar-refractivity contribution in [2.24, 2.45) is 5.92 Å². The molecule has 1 atom stereocenters. The third-order valence-corrected chi connectivity index (χ3v) is 8.24. The molecule has 7 aromatic rings. The maximum atomic E-state index is 6.29. The van der Waals surface area contributed by atoms with Crippen LogP contribution in [-0.4, -0.2) is 21.8 Å². The first-order valence-corrected chi connectivity index (χ1v) is 14.8. The van der Waals surface area contributed by atoms with Crippen LogP contribution in [-0.2, 0) is 11.2 Å². The van der Waals surface area contributed by atoms with Crippen LogP contribution >= 0.6 is 0 Å². The van der Waals surface area contributed by atoms with Crippen LogP contribution in [0.5, 0.6) is 0 Å². The van der Waals surface area contributed by atoms with Crippen LogP contribution in [0.15, 0.2) is 115 Å². The van der Waals surface area contributed by atoms with Crippen molar-refractivity contribution in [3.8, 4) is 11.4 Å². The van der Waals surface area contributed by atoms with Gasteiger partial charge in [-0.1, -0.05) is 86.6 Å². The number of nitrogens with zero attached hydrogens (tertiary/aromatic N) is 2. The smallest absolute Gasteiger partial charge is 0.0617 e. The molecular formula is C38H36N2O. The molecule has 2 heterocycles. The van der Waals surface area contributed by atoms with Crippen molar-refractivity contribution in [2.45, 2.75) is 39.7 Å². The molecule has 204 valence electrons. The van der Waals surface area contributed by atoms with Crippen molar-refractivity contribution < 1.29 is 4.74 Å². The normalized spacial score (nSPS) is 12.8. The Balaban J connectivity index is 1.52. The number of rotatable bonds is 8. The highest BCUT2D eigenvalue weighted by atomic mass is 16.5. The molecule has 0 aliphatic rings. The van der Waals surface area contributed by atoms with E-state index in [1.165, 1.54) is 60.5 Å². The average Bonchev–Trinajstić information content (AvgIpc) is 3.50. The second-order valence-electron chi connectivity index (χ2n) is 11.5. The number of benzene rings is 5. The molecule has 0 saturated heterocycles. The molecule has 0 radical (unpaired) electrons. The fourth-order valence-corrected chi connectivity index (χ4v) is 6.67. The Kier molecular flexibility index (Phi) is 6.60. The molecule has 5 aromatic carbocycles. The van der Waals surface area contributed by atoms with Gasteiger partial charge < -0.3 is 13.9 Å². The van der Waals surface area contributed by atoms with Crippen LogP contribution in [0.3, 0.4) is 0 Å². The molecule has 3 nitrogen and oxygen atoms in total. The van der Waals surface area contributed by atoms with Gasteiger partial charge in [-0.05, 0) is 73.7 Å². The van der Waals surface area contributed by atoms with E-state index in [1.807, 2.05) is 0 Å². The van der Waals surface area contributed by atoms with Crippen LogP contribution in [0.1, 0.15) is 32.8 Å².